The molecule has 0 spiro atoms. The summed E-state index contributed by atoms with van der Waals surface area (Å²) in [6, 6.07) is 0. The van der Waals surface area contributed by atoms with Crippen molar-refractivity contribution in [1.29, 1.82) is 4.78 Å². The lowest BCUT2D eigenvalue weighted by molar-refractivity contribution is -0.148. The first-order valence-electron chi connectivity index (χ1n) is 5.47. The van der Waals surface area contributed by atoms with Crippen LogP contribution in [-0.4, -0.2) is 48.6 Å². The topological polar surface area (TPSA) is 121 Å². The first-order valence-corrected chi connectivity index (χ1v) is 6.76. The molecule has 1 aliphatic heterocycles. The molecule has 3 N–H and O–H groups in total. The average molecular weight is 289 g/mol. The molecule has 0 aromatic rings. The van der Waals surface area contributed by atoms with Crippen molar-refractivity contribution in [1.82, 2.24) is 5.32 Å². The predicted octanol–water partition coefficient (Wildman–Crippen LogP) is -0.170. The van der Waals surface area contributed by atoms with E-state index in [4.69, 9.17) is 19.4 Å². The van der Waals surface area contributed by atoms with Gasteiger partial charge in [-0.15, -0.1) is 0 Å². The fourth-order valence-electron chi connectivity index (χ4n) is 1.29. The summed E-state index contributed by atoms with van der Waals surface area (Å²) >= 11 is 0. The van der Waals surface area contributed by atoms with Crippen molar-refractivity contribution < 1.29 is 24.2 Å². The first kappa shape index (κ1) is 15.5. The van der Waals surface area contributed by atoms with Crippen LogP contribution in [0.4, 0.5) is 0 Å². The number of aliphatic carboxylic acids is 1. The number of carbonyl (C=O) groups is 2. The van der Waals surface area contributed by atoms with E-state index in [9.17, 15) is 9.59 Å². The van der Waals surface area contributed by atoms with Crippen molar-refractivity contribution >= 4 is 28.2 Å². The third-order valence-corrected chi connectivity index (χ3v) is 3.17. The number of rotatable bonds is 8. The van der Waals surface area contributed by atoms with Crippen molar-refractivity contribution in [2.24, 2.45) is 4.99 Å². The zero-order valence-electron chi connectivity index (χ0n) is 10.3. The van der Waals surface area contributed by atoms with Gasteiger partial charge in [-0.2, -0.15) is 0 Å². The molecule has 0 saturated heterocycles. The quantitative estimate of drug-likeness (QED) is 0.423. The molecule has 0 aromatic heterocycles. The number of nitrogens with zero attached hydrogens (tertiary/aromatic N) is 1. The minimum absolute atomic E-state index is 0.111. The maximum absolute atomic E-state index is 11.1. The van der Waals surface area contributed by atoms with Gasteiger partial charge >= 0.3 is 5.97 Å². The van der Waals surface area contributed by atoms with Gasteiger partial charge in [-0.1, -0.05) is 0 Å². The van der Waals surface area contributed by atoms with E-state index in [1.165, 1.54) is 5.41 Å². The SMILES string of the molecule is CCOCCOC(C(=O)O)C1=CS(=N)C(NC=O)=N1. The zero-order valence-corrected chi connectivity index (χ0v) is 11.1. The first-order chi connectivity index (χ1) is 9.10. The van der Waals surface area contributed by atoms with Crippen LogP contribution in [-0.2, 0) is 29.8 Å². The van der Waals surface area contributed by atoms with Gasteiger partial charge < -0.3 is 19.9 Å². The van der Waals surface area contributed by atoms with Crippen LogP contribution in [0.1, 0.15) is 6.92 Å². The third kappa shape index (κ3) is 4.54. The van der Waals surface area contributed by atoms with Gasteiger partial charge in [0.1, 0.15) is 0 Å². The summed E-state index contributed by atoms with van der Waals surface area (Å²) in [5.41, 5.74) is 0.117. The Morgan fingerprint density at radius 3 is 3.00 bits per heavy atom. The number of hydrogen-bond donors (Lipinski definition) is 3. The number of carboxylic acid groups (broad SMARTS) is 1. The fourth-order valence-corrected chi connectivity index (χ4v) is 2.20. The normalized spacial score (nSPS) is 19.5. The van der Waals surface area contributed by atoms with Crippen molar-refractivity contribution in [3.05, 3.63) is 11.1 Å². The minimum Gasteiger partial charge on any atom is -0.479 e. The van der Waals surface area contributed by atoms with Crippen LogP contribution in [0.15, 0.2) is 16.1 Å². The molecule has 1 aliphatic rings. The van der Waals surface area contributed by atoms with Crippen molar-refractivity contribution in [2.75, 3.05) is 19.8 Å². The molecule has 19 heavy (non-hydrogen) atoms. The number of amidine groups is 1. The molecule has 2 unspecified atom stereocenters. The van der Waals surface area contributed by atoms with Gasteiger partial charge in [-0.3, -0.25) is 9.57 Å². The highest BCUT2D eigenvalue weighted by Gasteiger charge is 2.27. The highest BCUT2D eigenvalue weighted by molar-refractivity contribution is 8.04. The molecular formula is C10H15N3O5S. The highest BCUT2D eigenvalue weighted by atomic mass is 32.2. The van der Waals surface area contributed by atoms with Gasteiger partial charge in [0.2, 0.25) is 6.41 Å². The van der Waals surface area contributed by atoms with Crippen LogP contribution in [0.3, 0.4) is 0 Å². The van der Waals surface area contributed by atoms with E-state index >= 15 is 0 Å². The Balaban J connectivity index is 2.67. The second-order valence-corrected chi connectivity index (χ2v) is 4.64. The lowest BCUT2D eigenvalue weighted by atomic mass is 10.3. The number of carbonyl (C=O) groups excluding carboxylic acids is 1. The summed E-state index contributed by atoms with van der Waals surface area (Å²) in [7, 11) is -1.17. The molecule has 0 saturated carbocycles. The summed E-state index contributed by atoms with van der Waals surface area (Å²) in [6.45, 7) is 2.73. The Bertz CT molecular complexity index is 435. The van der Waals surface area contributed by atoms with Crippen LogP contribution in [0.25, 0.3) is 0 Å². The molecule has 0 aliphatic carbocycles. The van der Waals surface area contributed by atoms with Crippen molar-refractivity contribution in [3.63, 3.8) is 0 Å². The molecule has 0 aromatic carbocycles. The Kier molecular flexibility index (Phi) is 6.33. The number of amides is 1. The minimum atomic E-state index is -1.26. The molecule has 9 heteroatoms. The number of nitrogens with one attached hydrogen (secondary N) is 2. The molecule has 0 fully saturated rings. The molecule has 8 nitrogen and oxygen atoms in total. The lowest BCUT2D eigenvalue weighted by Crippen LogP contribution is -2.27. The molecule has 0 bridgehead atoms. The number of carboxylic acids is 1. The molecule has 106 valence electrons. The van der Waals surface area contributed by atoms with Gasteiger partial charge in [0.25, 0.3) is 0 Å². The monoisotopic (exact) mass is 289 g/mol. The Labute approximate surface area is 112 Å². The van der Waals surface area contributed by atoms with E-state index in [0.717, 1.165) is 0 Å². The van der Waals surface area contributed by atoms with Gasteiger partial charge in [0.05, 0.1) is 18.9 Å². The number of hydrogen-bond acceptors (Lipinski definition) is 6. The van der Waals surface area contributed by atoms with E-state index in [0.29, 0.717) is 13.0 Å². The van der Waals surface area contributed by atoms with E-state index in [1.54, 1.807) is 0 Å². The standard InChI is InChI=1S/C10H15N3O5S/c1-2-17-3-4-18-8(9(15)16)7-5-19(11)10(13-7)12-6-14/h5-6,8,11H,2-4H2,1H3,(H,15,16)(H,12,13,14). The van der Waals surface area contributed by atoms with Gasteiger partial charge in [-0.05, 0) is 17.6 Å². The molecule has 1 rings (SSSR count). The molecular weight excluding hydrogens is 274 g/mol. The van der Waals surface area contributed by atoms with Crippen LogP contribution in [0.2, 0.25) is 0 Å². The molecule has 1 heterocycles. The largest absolute Gasteiger partial charge is 0.479 e. The number of aliphatic imine (C=N–C) groups is 1. The second kappa shape index (κ2) is 7.77. The zero-order chi connectivity index (χ0) is 14.3. The Morgan fingerprint density at radius 2 is 2.42 bits per heavy atom. The maximum Gasteiger partial charge on any atom is 0.339 e. The lowest BCUT2D eigenvalue weighted by Gasteiger charge is -2.12. The summed E-state index contributed by atoms with van der Waals surface area (Å²) < 4.78 is 17.8. The molecule has 2 atom stereocenters. The third-order valence-electron chi connectivity index (χ3n) is 2.07. The Morgan fingerprint density at radius 1 is 1.68 bits per heavy atom. The van der Waals surface area contributed by atoms with Crippen molar-refractivity contribution in [3.8, 4) is 0 Å². The predicted molar refractivity (Wildman–Crippen MR) is 68.7 cm³/mol. The van der Waals surface area contributed by atoms with E-state index in [-0.39, 0.29) is 24.1 Å². The van der Waals surface area contributed by atoms with Gasteiger partial charge in [-0.25, -0.2) is 9.79 Å². The fraction of sp³-hybridized carbons (Fsp3) is 0.500. The van der Waals surface area contributed by atoms with Crippen molar-refractivity contribution in [2.45, 2.75) is 13.0 Å². The molecule has 1 amide bonds. The van der Waals surface area contributed by atoms with E-state index < -0.39 is 22.8 Å². The van der Waals surface area contributed by atoms with Crippen LogP contribution in [0, 0.1) is 4.78 Å². The summed E-state index contributed by atoms with van der Waals surface area (Å²) in [5, 5.41) is 12.8. The average Bonchev–Trinajstić information content (AvgIpc) is 2.70. The van der Waals surface area contributed by atoms with E-state index in [1.807, 2.05) is 6.92 Å². The summed E-state index contributed by atoms with van der Waals surface area (Å²) in [6.07, 6.45) is -0.859. The van der Waals surface area contributed by atoms with Crippen LogP contribution in [0.5, 0.6) is 0 Å². The van der Waals surface area contributed by atoms with E-state index in [2.05, 4.69) is 10.3 Å². The maximum atomic E-state index is 11.1. The van der Waals surface area contributed by atoms with Crippen LogP contribution >= 0.6 is 0 Å². The number of ether oxygens (including phenoxy) is 2. The summed E-state index contributed by atoms with van der Waals surface area (Å²) in [5.74, 6) is -1.20. The van der Waals surface area contributed by atoms with Gasteiger partial charge in [0.15, 0.2) is 11.3 Å². The summed E-state index contributed by atoms with van der Waals surface area (Å²) in [4.78, 5) is 25.3. The Hall–Kier alpha value is -1.58. The smallest absolute Gasteiger partial charge is 0.339 e. The highest BCUT2D eigenvalue weighted by Crippen LogP contribution is 2.17. The molecule has 0 radical (unpaired) electrons. The second-order valence-electron chi connectivity index (χ2n) is 3.35. The van der Waals surface area contributed by atoms with Gasteiger partial charge in [0, 0.05) is 12.0 Å². The van der Waals surface area contributed by atoms with Crippen LogP contribution < -0.4 is 5.32 Å².